The maximum atomic E-state index is 6.26. The van der Waals surface area contributed by atoms with E-state index in [9.17, 15) is 0 Å². The van der Waals surface area contributed by atoms with Crippen LogP contribution in [0, 0.1) is 5.92 Å². The summed E-state index contributed by atoms with van der Waals surface area (Å²) < 4.78 is 18.1. The predicted molar refractivity (Wildman–Crippen MR) is 100 cm³/mol. The van der Waals surface area contributed by atoms with Crippen LogP contribution in [0.4, 0.5) is 0 Å². The summed E-state index contributed by atoms with van der Waals surface area (Å²) in [6.07, 6.45) is 7.50. The molecule has 0 aromatic rings. The first-order chi connectivity index (χ1) is 10.7. The van der Waals surface area contributed by atoms with Gasteiger partial charge in [0.05, 0.1) is 6.10 Å². The first-order valence-electron chi connectivity index (χ1n) is 9.25. The van der Waals surface area contributed by atoms with E-state index in [4.69, 9.17) is 13.9 Å². The maximum absolute atomic E-state index is 6.26. The van der Waals surface area contributed by atoms with Crippen LogP contribution in [0.5, 0.6) is 0 Å². The molecule has 0 spiro atoms. The fourth-order valence-corrected chi connectivity index (χ4v) is 3.64. The largest absolute Gasteiger partial charge is 0.417 e. The molecule has 0 saturated carbocycles. The van der Waals surface area contributed by atoms with Crippen molar-refractivity contribution in [2.75, 3.05) is 13.2 Å². The minimum Gasteiger partial charge on any atom is -0.417 e. The molecule has 1 saturated heterocycles. The molecule has 1 heterocycles. The van der Waals surface area contributed by atoms with Crippen molar-refractivity contribution >= 4 is 8.32 Å². The fourth-order valence-electron chi connectivity index (χ4n) is 2.55. The molecule has 1 fully saturated rings. The van der Waals surface area contributed by atoms with Gasteiger partial charge in [-0.2, -0.15) is 0 Å². The molecule has 1 aliphatic rings. The molecular weight excluding hydrogens is 304 g/mol. The number of ether oxygens (including phenoxy) is 2. The lowest BCUT2D eigenvalue weighted by atomic mass is 9.98. The summed E-state index contributed by atoms with van der Waals surface area (Å²) in [5.74, 6) is 0.412. The Morgan fingerprint density at radius 3 is 2.48 bits per heavy atom. The van der Waals surface area contributed by atoms with Gasteiger partial charge in [-0.1, -0.05) is 40.2 Å². The van der Waals surface area contributed by atoms with Gasteiger partial charge in [0.2, 0.25) is 0 Å². The summed E-state index contributed by atoms with van der Waals surface area (Å²) in [6.45, 7) is 19.2. The van der Waals surface area contributed by atoms with Crippen LogP contribution >= 0.6 is 0 Å². The molecule has 1 aliphatic heterocycles. The highest BCUT2D eigenvalue weighted by Gasteiger charge is 2.37. The van der Waals surface area contributed by atoms with Crippen molar-refractivity contribution in [3.05, 3.63) is 12.7 Å². The van der Waals surface area contributed by atoms with Gasteiger partial charge in [0.15, 0.2) is 14.6 Å². The summed E-state index contributed by atoms with van der Waals surface area (Å²) in [5, 5.41) is 0.277. The quantitative estimate of drug-likeness (QED) is 0.297. The minimum absolute atomic E-state index is 0.0455. The van der Waals surface area contributed by atoms with E-state index in [2.05, 4.69) is 47.4 Å². The van der Waals surface area contributed by atoms with Gasteiger partial charge < -0.3 is 13.9 Å². The molecule has 3 atom stereocenters. The van der Waals surface area contributed by atoms with Crippen LogP contribution in [0.3, 0.4) is 0 Å². The molecule has 0 aromatic heterocycles. The van der Waals surface area contributed by atoms with Crippen LogP contribution in [0.2, 0.25) is 18.1 Å². The van der Waals surface area contributed by atoms with E-state index >= 15 is 0 Å². The Balaban J connectivity index is 2.32. The average molecular weight is 343 g/mol. The van der Waals surface area contributed by atoms with Gasteiger partial charge in [-0.25, -0.2) is 0 Å². The molecule has 4 heteroatoms. The first kappa shape index (κ1) is 20.9. The van der Waals surface area contributed by atoms with Crippen LogP contribution in [0.15, 0.2) is 12.7 Å². The number of unbranched alkanes of at least 4 members (excludes halogenated alkanes) is 1. The highest BCUT2D eigenvalue weighted by atomic mass is 28.4. The molecule has 1 rings (SSSR count). The van der Waals surface area contributed by atoms with Crippen molar-refractivity contribution in [2.24, 2.45) is 5.92 Å². The number of hydrogen-bond acceptors (Lipinski definition) is 3. The Hall–Kier alpha value is -0.163. The van der Waals surface area contributed by atoms with E-state index in [1.165, 1.54) is 0 Å². The molecule has 23 heavy (non-hydrogen) atoms. The van der Waals surface area contributed by atoms with Crippen LogP contribution in [-0.2, 0) is 13.9 Å². The molecular formula is C19H38O3Si. The molecule has 0 aliphatic carbocycles. The highest BCUT2D eigenvalue weighted by Crippen LogP contribution is 2.37. The second-order valence-corrected chi connectivity index (χ2v) is 13.0. The fraction of sp³-hybridized carbons (Fsp3) is 0.895. The molecule has 0 bridgehead atoms. The third-order valence-electron chi connectivity index (χ3n) is 5.28. The molecule has 0 radical (unpaired) electrons. The number of rotatable bonds is 10. The summed E-state index contributed by atoms with van der Waals surface area (Å²) in [5.41, 5.74) is 0. The van der Waals surface area contributed by atoms with Crippen molar-refractivity contribution in [1.29, 1.82) is 0 Å². The van der Waals surface area contributed by atoms with Crippen LogP contribution in [0.25, 0.3) is 0 Å². The van der Waals surface area contributed by atoms with Crippen LogP contribution < -0.4 is 0 Å². The van der Waals surface area contributed by atoms with Gasteiger partial charge in [-0.15, -0.1) is 6.58 Å². The topological polar surface area (TPSA) is 27.7 Å². The lowest BCUT2D eigenvalue weighted by Crippen LogP contribution is -2.41. The maximum Gasteiger partial charge on any atom is 0.191 e. The second-order valence-electron chi connectivity index (χ2n) is 8.21. The Bertz CT molecular complexity index is 349. The van der Waals surface area contributed by atoms with Crippen LogP contribution in [-0.4, -0.2) is 33.9 Å². The van der Waals surface area contributed by atoms with Gasteiger partial charge in [0.25, 0.3) is 0 Å². The zero-order valence-electron chi connectivity index (χ0n) is 16.2. The van der Waals surface area contributed by atoms with Gasteiger partial charge in [-0.3, -0.25) is 0 Å². The van der Waals surface area contributed by atoms with E-state index < -0.39 is 8.32 Å². The zero-order chi connectivity index (χ0) is 17.5. The lowest BCUT2D eigenvalue weighted by Gasteiger charge is -2.36. The van der Waals surface area contributed by atoms with E-state index in [1.807, 2.05) is 6.08 Å². The van der Waals surface area contributed by atoms with Gasteiger partial charge in [0, 0.05) is 25.6 Å². The minimum atomic E-state index is -1.63. The third kappa shape index (κ3) is 6.69. The second kappa shape index (κ2) is 9.35. The Morgan fingerprint density at radius 2 is 1.91 bits per heavy atom. The summed E-state index contributed by atoms with van der Waals surface area (Å²) >= 11 is 0. The lowest BCUT2D eigenvalue weighted by molar-refractivity contribution is -0.136. The van der Waals surface area contributed by atoms with Crippen molar-refractivity contribution in [3.63, 3.8) is 0 Å². The summed E-state index contributed by atoms with van der Waals surface area (Å²) in [4.78, 5) is 0. The SMILES string of the molecule is C=C[C@H]1CC(OCCCC)O[C@@H]1CCCO[Si](C)(C)C(C)(C)C. The smallest absolute Gasteiger partial charge is 0.191 e. The average Bonchev–Trinajstić information content (AvgIpc) is 2.85. The zero-order valence-corrected chi connectivity index (χ0v) is 17.2. The summed E-state index contributed by atoms with van der Waals surface area (Å²) in [7, 11) is -1.63. The van der Waals surface area contributed by atoms with Gasteiger partial charge in [-0.05, 0) is 37.4 Å². The number of hydrogen-bond donors (Lipinski definition) is 0. The van der Waals surface area contributed by atoms with Gasteiger partial charge >= 0.3 is 0 Å². The van der Waals surface area contributed by atoms with E-state index in [0.717, 1.165) is 45.3 Å². The highest BCUT2D eigenvalue weighted by molar-refractivity contribution is 6.74. The van der Waals surface area contributed by atoms with Crippen molar-refractivity contribution < 1.29 is 13.9 Å². The predicted octanol–water partition coefficient (Wildman–Crippen LogP) is 5.52. The van der Waals surface area contributed by atoms with E-state index in [0.29, 0.717) is 5.92 Å². The molecule has 3 nitrogen and oxygen atoms in total. The molecule has 0 amide bonds. The molecule has 0 N–H and O–H groups in total. The third-order valence-corrected chi connectivity index (χ3v) is 9.81. The Kier molecular flexibility index (Phi) is 8.49. The molecule has 136 valence electrons. The Morgan fingerprint density at radius 1 is 1.22 bits per heavy atom. The normalized spacial score (nSPS) is 25.7. The monoisotopic (exact) mass is 342 g/mol. The van der Waals surface area contributed by atoms with E-state index in [1.54, 1.807) is 0 Å². The molecule has 0 aromatic carbocycles. The standard InChI is InChI=1S/C19H38O3Si/c1-8-10-13-20-18-15-16(9-2)17(22-18)12-11-14-21-23(6,7)19(3,4)5/h9,16-18H,2,8,10-15H2,1,3-7H3/t16-,17+,18?/m0/s1. The van der Waals surface area contributed by atoms with Crippen LogP contribution in [0.1, 0.15) is 59.8 Å². The Labute approximate surface area is 144 Å². The van der Waals surface area contributed by atoms with Crippen molar-refractivity contribution in [2.45, 2.75) is 90.3 Å². The van der Waals surface area contributed by atoms with Crippen molar-refractivity contribution in [1.82, 2.24) is 0 Å². The molecule has 1 unspecified atom stereocenters. The van der Waals surface area contributed by atoms with Gasteiger partial charge in [0.1, 0.15) is 0 Å². The summed E-state index contributed by atoms with van der Waals surface area (Å²) in [6, 6.07) is 0. The first-order valence-corrected chi connectivity index (χ1v) is 12.2. The van der Waals surface area contributed by atoms with Crippen molar-refractivity contribution in [3.8, 4) is 0 Å². The van der Waals surface area contributed by atoms with E-state index in [-0.39, 0.29) is 17.4 Å².